The molecule has 5 nitrogen and oxygen atoms in total. The van der Waals surface area contributed by atoms with Gasteiger partial charge in [0.2, 0.25) is 0 Å². The summed E-state index contributed by atoms with van der Waals surface area (Å²) < 4.78 is 81.0. The molecule has 0 saturated carbocycles. The van der Waals surface area contributed by atoms with Crippen LogP contribution in [0.4, 0.5) is 17.6 Å². The molecule has 2 aromatic carbocycles. The van der Waals surface area contributed by atoms with E-state index in [1.165, 1.54) is 12.1 Å². The smallest absolute Gasteiger partial charge is 0.465 e. The molecule has 0 spiro atoms. The number of hydrogen-bond donors (Lipinski definition) is 0. The van der Waals surface area contributed by atoms with Crippen molar-refractivity contribution < 1.29 is 39.7 Å². The molecule has 0 aliphatic heterocycles. The van der Waals surface area contributed by atoms with Crippen LogP contribution in [0.25, 0.3) is 10.8 Å². The fraction of sp³-hybridized carbons (Fsp3) is 0.154. The molecule has 0 radical (unpaired) electrons. The largest absolute Gasteiger partial charge is 0.534 e. The molecule has 0 atom stereocenters. The van der Waals surface area contributed by atoms with E-state index in [0.29, 0.717) is 0 Å². The number of halogens is 4. The number of carbonyl (C=O) groups is 1. The van der Waals surface area contributed by atoms with E-state index in [4.69, 9.17) is 0 Å². The highest BCUT2D eigenvalue weighted by Crippen LogP contribution is 2.32. The highest BCUT2D eigenvalue weighted by molar-refractivity contribution is 7.88. The molecule has 0 aromatic heterocycles. The molecule has 0 aliphatic rings. The van der Waals surface area contributed by atoms with Crippen molar-refractivity contribution in [1.82, 2.24) is 0 Å². The van der Waals surface area contributed by atoms with Gasteiger partial charge in [0.05, 0.1) is 12.7 Å². The molecule has 0 fully saturated rings. The zero-order valence-corrected chi connectivity index (χ0v) is 12.2. The molecular weight excluding hydrogens is 344 g/mol. The SMILES string of the molecule is COC(=O)c1ccc2c(F)c(OS(=O)(=O)C(F)(F)F)ccc2c1. The average molecular weight is 352 g/mol. The number of fused-ring (bicyclic) bond motifs is 1. The maximum absolute atomic E-state index is 14.1. The van der Waals surface area contributed by atoms with Gasteiger partial charge in [-0.1, -0.05) is 12.1 Å². The molecule has 0 heterocycles. The van der Waals surface area contributed by atoms with Crippen molar-refractivity contribution in [3.05, 3.63) is 41.7 Å². The van der Waals surface area contributed by atoms with E-state index in [1.807, 2.05) is 0 Å². The van der Waals surface area contributed by atoms with E-state index in [9.17, 15) is 30.8 Å². The highest BCUT2D eigenvalue weighted by Gasteiger charge is 2.49. The van der Waals surface area contributed by atoms with E-state index in [2.05, 4.69) is 8.92 Å². The van der Waals surface area contributed by atoms with Crippen LogP contribution in [0.5, 0.6) is 5.75 Å². The lowest BCUT2D eigenvalue weighted by atomic mass is 10.1. The van der Waals surface area contributed by atoms with Gasteiger partial charge in [-0.15, -0.1) is 0 Å². The zero-order chi connectivity index (χ0) is 17.4. The zero-order valence-electron chi connectivity index (χ0n) is 11.3. The Kier molecular flexibility index (Phi) is 4.20. The van der Waals surface area contributed by atoms with Gasteiger partial charge in [-0.25, -0.2) is 9.18 Å². The summed E-state index contributed by atoms with van der Waals surface area (Å²) in [7, 11) is -4.84. The summed E-state index contributed by atoms with van der Waals surface area (Å²) in [5, 5.41) is -0.0605. The van der Waals surface area contributed by atoms with Crippen molar-refractivity contribution in [3.63, 3.8) is 0 Å². The van der Waals surface area contributed by atoms with E-state index in [1.54, 1.807) is 0 Å². The second-order valence-corrected chi connectivity index (χ2v) is 5.83. The average Bonchev–Trinajstić information content (AvgIpc) is 2.47. The molecule has 2 rings (SSSR count). The van der Waals surface area contributed by atoms with Crippen molar-refractivity contribution >= 4 is 26.9 Å². The minimum absolute atomic E-state index is 0.0935. The van der Waals surface area contributed by atoms with Gasteiger partial charge in [0.1, 0.15) is 0 Å². The van der Waals surface area contributed by atoms with Crippen molar-refractivity contribution in [2.24, 2.45) is 0 Å². The monoisotopic (exact) mass is 352 g/mol. The van der Waals surface area contributed by atoms with Gasteiger partial charge in [-0.3, -0.25) is 0 Å². The van der Waals surface area contributed by atoms with Crippen LogP contribution in [0, 0.1) is 5.82 Å². The van der Waals surface area contributed by atoms with Crippen molar-refractivity contribution in [2.45, 2.75) is 5.51 Å². The van der Waals surface area contributed by atoms with Gasteiger partial charge < -0.3 is 8.92 Å². The summed E-state index contributed by atoms with van der Waals surface area (Å²) in [6.07, 6.45) is 0. The number of carbonyl (C=O) groups excluding carboxylic acids is 1. The van der Waals surface area contributed by atoms with Gasteiger partial charge in [-0.2, -0.15) is 21.6 Å². The van der Waals surface area contributed by atoms with Crippen LogP contribution in [0.2, 0.25) is 0 Å². The number of benzene rings is 2. The number of ether oxygens (including phenoxy) is 1. The third-order valence-corrected chi connectivity index (χ3v) is 3.79. The summed E-state index contributed by atoms with van der Waals surface area (Å²) in [5.74, 6) is -3.08. The molecule has 0 bridgehead atoms. The molecular formula is C13H8F4O5S. The van der Waals surface area contributed by atoms with Gasteiger partial charge in [0.15, 0.2) is 11.6 Å². The lowest BCUT2D eigenvalue weighted by Crippen LogP contribution is -2.28. The first-order chi connectivity index (χ1) is 10.6. The fourth-order valence-electron chi connectivity index (χ4n) is 1.75. The van der Waals surface area contributed by atoms with Gasteiger partial charge in [-0.05, 0) is 23.6 Å². The maximum atomic E-state index is 14.1. The minimum atomic E-state index is -5.98. The molecule has 0 amide bonds. The summed E-state index contributed by atoms with van der Waals surface area (Å²) in [6.45, 7) is 0. The van der Waals surface area contributed by atoms with Crippen molar-refractivity contribution in [1.29, 1.82) is 0 Å². The Morgan fingerprint density at radius 2 is 1.78 bits per heavy atom. The molecule has 124 valence electrons. The predicted molar refractivity (Wildman–Crippen MR) is 70.8 cm³/mol. The van der Waals surface area contributed by atoms with Crippen LogP contribution < -0.4 is 4.18 Å². The predicted octanol–water partition coefficient (Wildman–Crippen LogP) is 2.99. The lowest BCUT2D eigenvalue weighted by molar-refractivity contribution is -0.0500. The second-order valence-electron chi connectivity index (χ2n) is 4.29. The van der Waals surface area contributed by atoms with Gasteiger partial charge in [0, 0.05) is 5.39 Å². The molecule has 23 heavy (non-hydrogen) atoms. The Balaban J connectivity index is 2.50. The topological polar surface area (TPSA) is 69.7 Å². The van der Waals surface area contributed by atoms with E-state index in [0.717, 1.165) is 25.3 Å². The Morgan fingerprint density at radius 1 is 1.13 bits per heavy atom. The molecule has 10 heteroatoms. The minimum Gasteiger partial charge on any atom is -0.465 e. The molecule has 0 unspecified atom stereocenters. The lowest BCUT2D eigenvalue weighted by Gasteiger charge is -2.11. The van der Waals surface area contributed by atoms with Crippen molar-refractivity contribution in [3.8, 4) is 5.75 Å². The van der Waals surface area contributed by atoms with Crippen LogP contribution >= 0.6 is 0 Å². The number of esters is 1. The molecule has 2 aromatic rings. The second kappa shape index (κ2) is 5.69. The summed E-state index contributed by atoms with van der Waals surface area (Å²) in [4.78, 5) is 11.4. The first-order valence-corrected chi connectivity index (χ1v) is 7.29. The Bertz CT molecular complexity index is 874. The summed E-state index contributed by atoms with van der Waals surface area (Å²) in [5.41, 5.74) is -5.58. The van der Waals surface area contributed by atoms with E-state index in [-0.39, 0.29) is 16.3 Å². The summed E-state index contributed by atoms with van der Waals surface area (Å²) in [6, 6.07) is 5.36. The van der Waals surface area contributed by atoms with Crippen LogP contribution in [0.1, 0.15) is 10.4 Å². The van der Waals surface area contributed by atoms with Gasteiger partial charge in [0.25, 0.3) is 0 Å². The third kappa shape index (κ3) is 3.21. The van der Waals surface area contributed by atoms with Crippen LogP contribution in [0.3, 0.4) is 0 Å². The molecule has 0 N–H and O–H groups in total. The van der Waals surface area contributed by atoms with Crippen molar-refractivity contribution in [2.75, 3.05) is 7.11 Å². The Labute approximate surface area is 127 Å². The first kappa shape index (κ1) is 17.0. The summed E-state index contributed by atoms with van der Waals surface area (Å²) >= 11 is 0. The van der Waals surface area contributed by atoms with Crippen LogP contribution in [-0.2, 0) is 14.9 Å². The molecule has 0 aliphatic carbocycles. The number of rotatable bonds is 3. The quantitative estimate of drug-likeness (QED) is 0.368. The van der Waals surface area contributed by atoms with Crippen LogP contribution in [-0.4, -0.2) is 27.0 Å². The number of methoxy groups -OCH3 is 1. The van der Waals surface area contributed by atoms with E-state index >= 15 is 0 Å². The maximum Gasteiger partial charge on any atom is 0.534 e. The fourth-order valence-corrected chi connectivity index (χ4v) is 2.21. The van der Waals surface area contributed by atoms with Crippen LogP contribution in [0.15, 0.2) is 30.3 Å². The highest BCUT2D eigenvalue weighted by atomic mass is 32.2. The Hall–Kier alpha value is -2.36. The normalized spacial score (nSPS) is 12.2. The van der Waals surface area contributed by atoms with Gasteiger partial charge >= 0.3 is 21.6 Å². The molecule has 0 saturated heterocycles. The standard InChI is InChI=1S/C13H8F4O5S/c1-21-12(18)8-2-4-9-7(6-8)3-5-10(11(9)14)22-23(19,20)13(15,16)17/h2-6H,1H3. The number of alkyl halides is 3. The van der Waals surface area contributed by atoms with E-state index < -0.39 is 33.2 Å². The third-order valence-electron chi connectivity index (χ3n) is 2.82. The number of hydrogen-bond acceptors (Lipinski definition) is 5. The Morgan fingerprint density at radius 3 is 2.35 bits per heavy atom. The first-order valence-electron chi connectivity index (χ1n) is 5.88.